The van der Waals surface area contributed by atoms with Gasteiger partial charge in [-0.1, -0.05) is 6.92 Å². The molecule has 0 aromatic rings. The number of nitrogens with one attached hydrogen (secondary N) is 1. The minimum Gasteiger partial charge on any atom is -0.356 e. The van der Waals surface area contributed by atoms with E-state index in [1.54, 1.807) is 0 Å². The second-order valence-electron chi connectivity index (χ2n) is 3.42. The van der Waals surface area contributed by atoms with Gasteiger partial charge in [0.2, 0.25) is 5.91 Å². The quantitative estimate of drug-likeness (QED) is 0.553. The average Bonchev–Trinajstić information content (AvgIpc) is 2.36. The lowest BCUT2D eigenvalue weighted by Crippen LogP contribution is -2.33. The van der Waals surface area contributed by atoms with Crippen LogP contribution in [-0.4, -0.2) is 23.7 Å². The number of amides is 1. The third-order valence-corrected chi connectivity index (χ3v) is 2.72. The average molecular weight is 188 g/mol. The minimum absolute atomic E-state index is 0.0298. The Labute approximate surface area is 78.5 Å². The molecule has 0 aromatic heterocycles. The van der Waals surface area contributed by atoms with Crippen molar-refractivity contribution in [2.45, 2.75) is 31.1 Å². The maximum absolute atomic E-state index is 11.1. The van der Waals surface area contributed by atoms with E-state index in [4.69, 9.17) is 5.73 Å². The number of carbonyl (C=O) groups is 1. The minimum atomic E-state index is 0.0298. The summed E-state index contributed by atoms with van der Waals surface area (Å²) >= 11 is 4.24. The normalized spacial score (nSPS) is 28.2. The van der Waals surface area contributed by atoms with Crippen LogP contribution in [0.5, 0.6) is 0 Å². The van der Waals surface area contributed by atoms with Gasteiger partial charge in [-0.3, -0.25) is 4.79 Å². The first-order valence-corrected chi connectivity index (χ1v) is 4.84. The van der Waals surface area contributed by atoms with Crippen molar-refractivity contribution in [1.82, 2.24) is 5.32 Å². The maximum Gasteiger partial charge on any atom is 0.223 e. The van der Waals surface area contributed by atoms with Crippen LogP contribution in [-0.2, 0) is 4.79 Å². The molecule has 1 amide bonds. The first kappa shape index (κ1) is 9.86. The molecule has 0 aliphatic carbocycles. The molecule has 1 heterocycles. The molecule has 0 spiro atoms. The third-order valence-electron chi connectivity index (χ3n) is 2.34. The largest absolute Gasteiger partial charge is 0.356 e. The summed E-state index contributed by atoms with van der Waals surface area (Å²) in [6.07, 6.45) is 1.68. The van der Waals surface area contributed by atoms with Gasteiger partial charge in [0, 0.05) is 23.8 Å². The molecule has 0 bridgehead atoms. The van der Waals surface area contributed by atoms with E-state index in [0.29, 0.717) is 0 Å². The highest BCUT2D eigenvalue weighted by atomic mass is 32.1. The number of hydrogen-bond acceptors (Lipinski definition) is 3. The molecule has 1 aliphatic rings. The number of hydrogen-bond donors (Lipinski definition) is 3. The van der Waals surface area contributed by atoms with Gasteiger partial charge in [0.25, 0.3) is 0 Å². The first-order chi connectivity index (χ1) is 5.61. The Kier molecular flexibility index (Phi) is 3.40. The second-order valence-corrected chi connectivity index (χ2v) is 4.23. The number of rotatable bonds is 3. The van der Waals surface area contributed by atoms with Crippen molar-refractivity contribution in [3.63, 3.8) is 0 Å². The monoisotopic (exact) mass is 188 g/mol. The lowest BCUT2D eigenvalue weighted by Gasteiger charge is -2.17. The van der Waals surface area contributed by atoms with E-state index < -0.39 is 0 Å². The van der Waals surface area contributed by atoms with E-state index in [9.17, 15) is 4.79 Å². The van der Waals surface area contributed by atoms with E-state index >= 15 is 0 Å². The molecule has 3 nitrogen and oxygen atoms in total. The Balaban J connectivity index is 2.35. The van der Waals surface area contributed by atoms with Crippen LogP contribution in [0.4, 0.5) is 0 Å². The summed E-state index contributed by atoms with van der Waals surface area (Å²) in [5.74, 6) is 0.272. The molecule has 4 heteroatoms. The Morgan fingerprint density at radius 1 is 1.83 bits per heavy atom. The van der Waals surface area contributed by atoms with Crippen LogP contribution < -0.4 is 11.1 Å². The second kappa shape index (κ2) is 4.14. The maximum atomic E-state index is 11.1. The fourth-order valence-electron chi connectivity index (χ4n) is 1.40. The van der Waals surface area contributed by atoms with Crippen LogP contribution in [0.3, 0.4) is 0 Å². The van der Waals surface area contributed by atoms with E-state index in [1.807, 2.05) is 6.92 Å². The Morgan fingerprint density at radius 2 is 2.50 bits per heavy atom. The van der Waals surface area contributed by atoms with Gasteiger partial charge in [-0.2, -0.15) is 12.6 Å². The molecule has 1 aliphatic heterocycles. The lowest BCUT2D eigenvalue weighted by molar-refractivity contribution is -0.122. The molecule has 1 rings (SSSR count). The summed E-state index contributed by atoms with van der Waals surface area (Å²) < 4.78 is 0. The van der Waals surface area contributed by atoms with Gasteiger partial charge in [-0.25, -0.2) is 0 Å². The van der Waals surface area contributed by atoms with Crippen LogP contribution in [0.25, 0.3) is 0 Å². The van der Waals surface area contributed by atoms with Crippen LogP contribution in [0.15, 0.2) is 0 Å². The van der Waals surface area contributed by atoms with Crippen molar-refractivity contribution < 1.29 is 4.79 Å². The summed E-state index contributed by atoms with van der Waals surface area (Å²) in [5, 5.41) is 2.96. The summed E-state index contributed by atoms with van der Waals surface area (Å²) in [6, 6.07) is 0.0298. The summed E-state index contributed by atoms with van der Waals surface area (Å²) in [4.78, 5) is 11.1. The highest BCUT2D eigenvalue weighted by molar-refractivity contribution is 7.81. The van der Waals surface area contributed by atoms with Gasteiger partial charge in [0.15, 0.2) is 0 Å². The van der Waals surface area contributed by atoms with Crippen molar-refractivity contribution in [1.29, 1.82) is 0 Å². The zero-order valence-corrected chi connectivity index (χ0v) is 8.18. The Bertz CT molecular complexity index is 172. The van der Waals surface area contributed by atoms with Gasteiger partial charge < -0.3 is 11.1 Å². The zero-order chi connectivity index (χ0) is 9.14. The fourth-order valence-corrected chi connectivity index (χ4v) is 1.52. The first-order valence-electron chi connectivity index (χ1n) is 4.32. The molecular weight excluding hydrogens is 172 g/mol. The SMILES string of the molecule is C[C@H](S)[C@@H](N)C[C@@H]1CCNC1=O. The predicted octanol–water partition coefficient (Wildman–Crippen LogP) is 0.158. The molecular formula is C8H16N2OS. The summed E-state index contributed by atoms with van der Waals surface area (Å²) in [6.45, 7) is 2.76. The molecule has 0 radical (unpaired) electrons. The van der Waals surface area contributed by atoms with E-state index in [0.717, 1.165) is 19.4 Å². The number of nitrogens with two attached hydrogens (primary N) is 1. The zero-order valence-electron chi connectivity index (χ0n) is 7.29. The molecule has 0 saturated carbocycles. The Morgan fingerprint density at radius 3 is 2.92 bits per heavy atom. The van der Waals surface area contributed by atoms with Crippen molar-refractivity contribution in [3.05, 3.63) is 0 Å². The van der Waals surface area contributed by atoms with Gasteiger partial charge in [0.05, 0.1) is 0 Å². The topological polar surface area (TPSA) is 55.1 Å². The van der Waals surface area contributed by atoms with Gasteiger partial charge in [0.1, 0.15) is 0 Å². The highest BCUT2D eigenvalue weighted by Gasteiger charge is 2.26. The van der Waals surface area contributed by atoms with E-state index in [1.165, 1.54) is 0 Å². The third kappa shape index (κ3) is 2.38. The number of carbonyl (C=O) groups excluding carboxylic acids is 1. The van der Waals surface area contributed by atoms with Crippen molar-refractivity contribution in [2.75, 3.05) is 6.54 Å². The van der Waals surface area contributed by atoms with Crippen molar-refractivity contribution in [2.24, 2.45) is 11.7 Å². The molecule has 1 fully saturated rings. The van der Waals surface area contributed by atoms with Crippen LogP contribution >= 0.6 is 12.6 Å². The standard InChI is InChI=1S/C8H16N2OS/c1-5(12)7(9)4-6-2-3-10-8(6)11/h5-7,12H,2-4,9H2,1H3,(H,10,11)/t5-,6-,7-/m0/s1. The van der Waals surface area contributed by atoms with Crippen LogP contribution in [0, 0.1) is 5.92 Å². The van der Waals surface area contributed by atoms with Crippen molar-refractivity contribution in [3.8, 4) is 0 Å². The Hall–Kier alpha value is -0.220. The van der Waals surface area contributed by atoms with Gasteiger partial charge in [-0.05, 0) is 12.8 Å². The summed E-state index contributed by atoms with van der Waals surface area (Å²) in [7, 11) is 0. The highest BCUT2D eigenvalue weighted by Crippen LogP contribution is 2.17. The molecule has 12 heavy (non-hydrogen) atoms. The molecule has 1 saturated heterocycles. The smallest absolute Gasteiger partial charge is 0.223 e. The van der Waals surface area contributed by atoms with Gasteiger partial charge >= 0.3 is 0 Å². The molecule has 3 atom stereocenters. The molecule has 0 aromatic carbocycles. The van der Waals surface area contributed by atoms with Crippen LogP contribution in [0.1, 0.15) is 19.8 Å². The van der Waals surface area contributed by atoms with Gasteiger partial charge in [-0.15, -0.1) is 0 Å². The van der Waals surface area contributed by atoms with Crippen LogP contribution in [0.2, 0.25) is 0 Å². The molecule has 0 unspecified atom stereocenters. The fraction of sp³-hybridized carbons (Fsp3) is 0.875. The lowest BCUT2D eigenvalue weighted by atomic mass is 9.97. The summed E-state index contributed by atoms with van der Waals surface area (Å²) in [5.41, 5.74) is 5.80. The van der Waals surface area contributed by atoms with E-state index in [-0.39, 0.29) is 23.1 Å². The molecule has 3 N–H and O–H groups in total. The predicted molar refractivity (Wildman–Crippen MR) is 52.2 cm³/mol. The van der Waals surface area contributed by atoms with E-state index in [2.05, 4.69) is 17.9 Å². The number of thiol groups is 1. The van der Waals surface area contributed by atoms with Crippen molar-refractivity contribution >= 4 is 18.5 Å². The molecule has 70 valence electrons.